The minimum absolute atomic E-state index is 0.0946. The Morgan fingerprint density at radius 3 is 2.58 bits per heavy atom. The van der Waals surface area contributed by atoms with Crippen LogP contribution in [-0.2, 0) is 4.79 Å². The quantitative estimate of drug-likeness (QED) is 0.796. The third-order valence-electron chi connectivity index (χ3n) is 4.57. The lowest BCUT2D eigenvalue weighted by atomic mass is 9.92. The summed E-state index contributed by atoms with van der Waals surface area (Å²) < 4.78 is 0. The topological polar surface area (TPSA) is 58.4 Å². The van der Waals surface area contributed by atoms with E-state index in [4.69, 9.17) is 5.73 Å². The summed E-state index contributed by atoms with van der Waals surface area (Å²) in [6, 6.07) is 0.700. The molecule has 110 valence electrons. The van der Waals surface area contributed by atoms with Gasteiger partial charge in [-0.2, -0.15) is 0 Å². The SMILES string of the molecule is NCCCN(C1CCCCC1)C1CCCCNC1=O. The Morgan fingerprint density at radius 1 is 1.11 bits per heavy atom. The van der Waals surface area contributed by atoms with Crippen LogP contribution in [0.3, 0.4) is 0 Å². The van der Waals surface area contributed by atoms with Crippen molar-refractivity contribution in [2.75, 3.05) is 19.6 Å². The van der Waals surface area contributed by atoms with E-state index in [9.17, 15) is 4.79 Å². The standard InChI is InChI=1S/C15H29N3O/c16-10-6-12-18(13-7-2-1-3-8-13)14-9-4-5-11-17-15(14)19/h13-14H,1-12,16H2,(H,17,19). The van der Waals surface area contributed by atoms with Gasteiger partial charge in [-0.3, -0.25) is 9.69 Å². The molecule has 1 unspecified atom stereocenters. The molecule has 0 spiro atoms. The molecule has 0 bridgehead atoms. The minimum atomic E-state index is 0.0946. The number of rotatable bonds is 5. The van der Waals surface area contributed by atoms with Crippen molar-refractivity contribution in [3.05, 3.63) is 0 Å². The fraction of sp³-hybridized carbons (Fsp3) is 0.933. The van der Waals surface area contributed by atoms with Crippen molar-refractivity contribution in [2.45, 2.75) is 69.9 Å². The van der Waals surface area contributed by atoms with Gasteiger partial charge >= 0.3 is 0 Å². The monoisotopic (exact) mass is 267 g/mol. The molecular weight excluding hydrogens is 238 g/mol. The molecule has 0 aromatic carbocycles. The van der Waals surface area contributed by atoms with E-state index in [0.717, 1.165) is 45.3 Å². The summed E-state index contributed by atoms with van der Waals surface area (Å²) in [5.74, 6) is 0.250. The summed E-state index contributed by atoms with van der Waals surface area (Å²) >= 11 is 0. The molecule has 0 aromatic rings. The zero-order valence-electron chi connectivity index (χ0n) is 12.1. The largest absolute Gasteiger partial charge is 0.355 e. The third kappa shape index (κ3) is 4.18. The van der Waals surface area contributed by atoms with Crippen LogP contribution in [0.25, 0.3) is 0 Å². The molecule has 0 aromatic heterocycles. The Morgan fingerprint density at radius 2 is 1.84 bits per heavy atom. The number of nitrogens with one attached hydrogen (secondary N) is 1. The van der Waals surface area contributed by atoms with Gasteiger partial charge in [-0.25, -0.2) is 0 Å². The fourth-order valence-corrected chi connectivity index (χ4v) is 3.52. The Kier molecular flexibility index (Phi) is 6.11. The Balaban J connectivity index is 2.03. The Hall–Kier alpha value is -0.610. The first-order chi connectivity index (χ1) is 9.33. The zero-order valence-corrected chi connectivity index (χ0v) is 12.1. The van der Waals surface area contributed by atoms with Gasteiger partial charge in [0.05, 0.1) is 6.04 Å². The number of carbonyl (C=O) groups excluding carboxylic acids is 1. The molecular formula is C15H29N3O. The second-order valence-corrected chi connectivity index (χ2v) is 5.97. The first-order valence-electron chi connectivity index (χ1n) is 8.06. The average molecular weight is 267 g/mol. The maximum atomic E-state index is 12.3. The van der Waals surface area contributed by atoms with Gasteiger partial charge in [0.25, 0.3) is 0 Å². The van der Waals surface area contributed by atoms with Gasteiger partial charge in [-0.1, -0.05) is 19.3 Å². The first kappa shape index (κ1) is 14.8. The highest BCUT2D eigenvalue weighted by atomic mass is 16.2. The van der Waals surface area contributed by atoms with Gasteiger partial charge in [-0.15, -0.1) is 0 Å². The molecule has 0 radical (unpaired) electrons. The molecule has 2 rings (SSSR count). The summed E-state index contributed by atoms with van der Waals surface area (Å²) in [6.07, 6.45) is 10.8. The van der Waals surface area contributed by atoms with E-state index in [1.165, 1.54) is 32.1 Å². The van der Waals surface area contributed by atoms with Crippen LogP contribution < -0.4 is 11.1 Å². The lowest BCUT2D eigenvalue weighted by molar-refractivity contribution is -0.127. The highest BCUT2D eigenvalue weighted by molar-refractivity contribution is 5.82. The number of nitrogens with two attached hydrogens (primary N) is 1. The van der Waals surface area contributed by atoms with Crippen molar-refractivity contribution < 1.29 is 4.79 Å². The molecule has 1 saturated carbocycles. The van der Waals surface area contributed by atoms with E-state index in [-0.39, 0.29) is 11.9 Å². The number of hydrogen-bond acceptors (Lipinski definition) is 3. The van der Waals surface area contributed by atoms with Crippen LogP contribution in [0.4, 0.5) is 0 Å². The van der Waals surface area contributed by atoms with E-state index in [2.05, 4.69) is 10.2 Å². The molecule has 4 heteroatoms. The fourth-order valence-electron chi connectivity index (χ4n) is 3.52. The zero-order chi connectivity index (χ0) is 13.5. The van der Waals surface area contributed by atoms with Crippen LogP contribution >= 0.6 is 0 Å². The van der Waals surface area contributed by atoms with Crippen LogP contribution in [0.1, 0.15) is 57.8 Å². The maximum absolute atomic E-state index is 12.3. The lowest BCUT2D eigenvalue weighted by Gasteiger charge is -2.38. The Labute approximate surface area is 117 Å². The molecule has 1 heterocycles. The van der Waals surface area contributed by atoms with E-state index in [1.54, 1.807) is 0 Å². The molecule has 1 atom stereocenters. The maximum Gasteiger partial charge on any atom is 0.237 e. The normalized spacial score (nSPS) is 26.2. The Bertz CT molecular complexity index is 277. The molecule has 1 aliphatic carbocycles. The summed E-state index contributed by atoms with van der Waals surface area (Å²) in [7, 11) is 0. The molecule has 2 aliphatic rings. The van der Waals surface area contributed by atoms with Gasteiger partial charge in [0.15, 0.2) is 0 Å². The summed E-state index contributed by atoms with van der Waals surface area (Å²) in [6.45, 7) is 2.56. The number of hydrogen-bond donors (Lipinski definition) is 2. The van der Waals surface area contributed by atoms with E-state index >= 15 is 0 Å². The van der Waals surface area contributed by atoms with Crippen molar-refractivity contribution in [1.82, 2.24) is 10.2 Å². The molecule has 1 saturated heterocycles. The predicted molar refractivity (Wildman–Crippen MR) is 77.9 cm³/mol. The molecule has 4 nitrogen and oxygen atoms in total. The van der Waals surface area contributed by atoms with Gasteiger partial charge in [0.2, 0.25) is 5.91 Å². The minimum Gasteiger partial charge on any atom is -0.355 e. The van der Waals surface area contributed by atoms with Gasteiger partial charge in [-0.05, 0) is 45.1 Å². The lowest BCUT2D eigenvalue weighted by Crippen LogP contribution is -2.51. The second-order valence-electron chi connectivity index (χ2n) is 5.97. The molecule has 1 amide bonds. The van der Waals surface area contributed by atoms with Gasteiger partial charge in [0.1, 0.15) is 0 Å². The molecule has 3 N–H and O–H groups in total. The van der Waals surface area contributed by atoms with Crippen LogP contribution in [0.5, 0.6) is 0 Å². The van der Waals surface area contributed by atoms with Crippen molar-refractivity contribution in [3.8, 4) is 0 Å². The summed E-state index contributed by atoms with van der Waals surface area (Å²) in [5, 5.41) is 3.08. The van der Waals surface area contributed by atoms with Crippen molar-refractivity contribution >= 4 is 5.91 Å². The van der Waals surface area contributed by atoms with Crippen LogP contribution in [-0.4, -0.2) is 42.5 Å². The average Bonchev–Trinajstić information content (AvgIpc) is 2.66. The van der Waals surface area contributed by atoms with Crippen LogP contribution in [0, 0.1) is 0 Å². The number of carbonyl (C=O) groups is 1. The second kappa shape index (κ2) is 7.85. The molecule has 2 fully saturated rings. The number of nitrogens with zero attached hydrogens (tertiary/aromatic N) is 1. The van der Waals surface area contributed by atoms with Gasteiger partial charge < -0.3 is 11.1 Å². The summed E-state index contributed by atoms with van der Waals surface area (Å²) in [4.78, 5) is 14.8. The first-order valence-corrected chi connectivity index (χ1v) is 8.06. The number of amides is 1. The van der Waals surface area contributed by atoms with E-state index in [1.807, 2.05) is 0 Å². The predicted octanol–water partition coefficient (Wildman–Crippen LogP) is 1.64. The third-order valence-corrected chi connectivity index (χ3v) is 4.57. The van der Waals surface area contributed by atoms with Crippen molar-refractivity contribution in [3.63, 3.8) is 0 Å². The summed E-state index contributed by atoms with van der Waals surface area (Å²) in [5.41, 5.74) is 5.67. The van der Waals surface area contributed by atoms with E-state index < -0.39 is 0 Å². The van der Waals surface area contributed by atoms with Crippen LogP contribution in [0.15, 0.2) is 0 Å². The van der Waals surface area contributed by atoms with E-state index in [0.29, 0.717) is 6.04 Å². The molecule has 1 aliphatic heterocycles. The highest BCUT2D eigenvalue weighted by Gasteiger charge is 2.32. The molecule has 19 heavy (non-hydrogen) atoms. The van der Waals surface area contributed by atoms with Crippen LogP contribution in [0.2, 0.25) is 0 Å². The van der Waals surface area contributed by atoms with Gasteiger partial charge in [0, 0.05) is 19.1 Å². The highest BCUT2D eigenvalue weighted by Crippen LogP contribution is 2.26. The van der Waals surface area contributed by atoms with Crippen molar-refractivity contribution in [2.24, 2.45) is 5.73 Å². The smallest absolute Gasteiger partial charge is 0.237 e. The van der Waals surface area contributed by atoms with Crippen molar-refractivity contribution in [1.29, 1.82) is 0 Å².